The molecule has 0 spiro atoms. The van der Waals surface area contributed by atoms with E-state index in [4.69, 9.17) is 9.97 Å². The SMILES string of the molecule is C=NC(=NC)c1nc(-c2sc(-c3cccnc3)nc2C)cc2ccsc12. The standard InChI is InChI=1S/C19H15N5S2/c1-11-16(26-19(23-11)13-5-4-7-22-10-13)14-9-12-6-8-25-17(12)15(24-14)18(20-2)21-3/h4-10H,2H2,1,3H3. The molecule has 0 aliphatic carbocycles. The Balaban J connectivity index is 1.90. The Morgan fingerprint density at radius 2 is 2.12 bits per heavy atom. The minimum atomic E-state index is 0.550. The number of aryl methyl sites for hydroxylation is 1. The highest BCUT2D eigenvalue weighted by Gasteiger charge is 2.17. The fraction of sp³-hybridized carbons (Fsp3) is 0.105. The van der Waals surface area contributed by atoms with E-state index in [-0.39, 0.29) is 0 Å². The quantitative estimate of drug-likeness (QED) is 0.378. The summed E-state index contributed by atoms with van der Waals surface area (Å²) in [5.74, 6) is 0.550. The van der Waals surface area contributed by atoms with Crippen LogP contribution in [0, 0.1) is 6.92 Å². The van der Waals surface area contributed by atoms with Crippen LogP contribution in [-0.4, -0.2) is 34.6 Å². The van der Waals surface area contributed by atoms with E-state index in [1.807, 2.05) is 25.3 Å². The molecule has 4 heterocycles. The summed E-state index contributed by atoms with van der Waals surface area (Å²) in [5.41, 5.74) is 3.59. The molecule has 0 aromatic carbocycles. The normalized spacial score (nSPS) is 11.8. The van der Waals surface area contributed by atoms with E-state index in [1.54, 1.807) is 35.9 Å². The van der Waals surface area contributed by atoms with Crippen LogP contribution in [0.2, 0.25) is 0 Å². The van der Waals surface area contributed by atoms with Crippen molar-refractivity contribution in [2.75, 3.05) is 7.05 Å². The van der Waals surface area contributed by atoms with Crippen LogP contribution in [0.25, 0.3) is 31.2 Å². The molecule has 0 radical (unpaired) electrons. The number of aromatic nitrogens is 3. The van der Waals surface area contributed by atoms with E-state index in [0.29, 0.717) is 5.84 Å². The van der Waals surface area contributed by atoms with Crippen molar-refractivity contribution in [2.24, 2.45) is 9.98 Å². The van der Waals surface area contributed by atoms with Gasteiger partial charge < -0.3 is 0 Å². The third kappa shape index (κ3) is 2.85. The van der Waals surface area contributed by atoms with Gasteiger partial charge in [0.25, 0.3) is 0 Å². The molecular formula is C19H15N5S2. The fourth-order valence-corrected chi connectivity index (χ4v) is 4.62. The number of rotatable bonds is 3. The Morgan fingerprint density at radius 3 is 2.85 bits per heavy atom. The van der Waals surface area contributed by atoms with Crippen molar-refractivity contribution in [3.05, 3.63) is 53.4 Å². The third-order valence-electron chi connectivity index (χ3n) is 3.95. The zero-order chi connectivity index (χ0) is 18.1. The molecule has 4 rings (SSSR count). The number of thiophene rings is 1. The van der Waals surface area contributed by atoms with E-state index in [9.17, 15) is 0 Å². The van der Waals surface area contributed by atoms with E-state index in [2.05, 4.69) is 39.2 Å². The predicted octanol–water partition coefficient (Wildman–Crippen LogP) is 4.87. The first-order valence-corrected chi connectivity index (χ1v) is 9.61. The largest absolute Gasteiger partial charge is 0.268 e. The number of aliphatic imine (C=N–C) groups is 2. The van der Waals surface area contributed by atoms with Gasteiger partial charge in [-0.05, 0) is 48.7 Å². The van der Waals surface area contributed by atoms with Gasteiger partial charge in [0.05, 0.1) is 21.0 Å². The average molecular weight is 377 g/mol. The van der Waals surface area contributed by atoms with Crippen LogP contribution in [-0.2, 0) is 0 Å². The second kappa shape index (κ2) is 6.86. The van der Waals surface area contributed by atoms with E-state index in [1.165, 1.54) is 0 Å². The minimum absolute atomic E-state index is 0.550. The molecule has 0 saturated carbocycles. The molecule has 0 fully saturated rings. The summed E-state index contributed by atoms with van der Waals surface area (Å²) in [6.45, 7) is 5.64. The molecule has 0 saturated heterocycles. The molecule has 26 heavy (non-hydrogen) atoms. The highest BCUT2D eigenvalue weighted by Crippen LogP contribution is 2.36. The second-order valence-electron chi connectivity index (χ2n) is 5.58. The molecule has 7 heteroatoms. The molecule has 0 amide bonds. The number of amidine groups is 1. The molecule has 128 valence electrons. The smallest absolute Gasteiger partial charge is 0.174 e. The third-order valence-corrected chi connectivity index (χ3v) is 6.11. The van der Waals surface area contributed by atoms with Crippen LogP contribution in [0.15, 0.2) is 52.0 Å². The summed E-state index contributed by atoms with van der Waals surface area (Å²) >= 11 is 3.25. The maximum atomic E-state index is 4.85. The number of pyridine rings is 2. The minimum Gasteiger partial charge on any atom is -0.268 e. The Bertz CT molecular complexity index is 1130. The molecule has 0 bridgehead atoms. The summed E-state index contributed by atoms with van der Waals surface area (Å²) in [6, 6.07) is 8.11. The first kappa shape index (κ1) is 16.7. The van der Waals surface area contributed by atoms with Crippen molar-refractivity contribution in [3.8, 4) is 21.1 Å². The predicted molar refractivity (Wildman–Crippen MR) is 111 cm³/mol. The zero-order valence-corrected chi connectivity index (χ0v) is 15.9. The van der Waals surface area contributed by atoms with Gasteiger partial charge in [0.2, 0.25) is 0 Å². The van der Waals surface area contributed by atoms with Gasteiger partial charge in [-0.3, -0.25) is 9.98 Å². The maximum absolute atomic E-state index is 4.85. The topological polar surface area (TPSA) is 63.4 Å². The number of hydrogen-bond donors (Lipinski definition) is 0. The van der Waals surface area contributed by atoms with E-state index in [0.717, 1.165) is 42.6 Å². The van der Waals surface area contributed by atoms with Crippen LogP contribution >= 0.6 is 22.7 Å². The lowest BCUT2D eigenvalue weighted by Gasteiger charge is -2.05. The molecule has 0 aliphatic rings. The number of hydrogen-bond acceptors (Lipinski definition) is 6. The lowest BCUT2D eigenvalue weighted by molar-refractivity contribution is 1.24. The summed E-state index contributed by atoms with van der Waals surface area (Å²) in [5, 5.41) is 4.11. The van der Waals surface area contributed by atoms with Crippen molar-refractivity contribution in [1.29, 1.82) is 0 Å². The van der Waals surface area contributed by atoms with Crippen LogP contribution in [0.4, 0.5) is 0 Å². The zero-order valence-electron chi connectivity index (χ0n) is 14.3. The monoisotopic (exact) mass is 377 g/mol. The van der Waals surface area contributed by atoms with Crippen molar-refractivity contribution < 1.29 is 0 Å². The summed E-state index contributed by atoms with van der Waals surface area (Å²) < 4.78 is 1.07. The molecule has 4 aromatic rings. The fourth-order valence-electron chi connectivity index (χ4n) is 2.74. The Morgan fingerprint density at radius 1 is 1.23 bits per heavy atom. The Labute approximate surface area is 158 Å². The summed E-state index contributed by atoms with van der Waals surface area (Å²) in [4.78, 5) is 23.1. The van der Waals surface area contributed by atoms with Crippen molar-refractivity contribution in [2.45, 2.75) is 6.92 Å². The highest BCUT2D eigenvalue weighted by atomic mass is 32.1. The van der Waals surface area contributed by atoms with Gasteiger partial charge in [0, 0.05) is 25.0 Å². The highest BCUT2D eigenvalue weighted by molar-refractivity contribution is 7.18. The molecule has 0 unspecified atom stereocenters. The van der Waals surface area contributed by atoms with Crippen molar-refractivity contribution >= 4 is 45.3 Å². The summed E-state index contributed by atoms with van der Waals surface area (Å²) in [7, 11) is 1.70. The first-order chi connectivity index (χ1) is 12.7. The van der Waals surface area contributed by atoms with Gasteiger partial charge in [-0.1, -0.05) is 0 Å². The van der Waals surface area contributed by atoms with E-state index < -0.39 is 0 Å². The van der Waals surface area contributed by atoms with Crippen molar-refractivity contribution in [3.63, 3.8) is 0 Å². The van der Waals surface area contributed by atoms with Crippen LogP contribution < -0.4 is 0 Å². The number of fused-ring (bicyclic) bond motifs is 1. The van der Waals surface area contributed by atoms with Gasteiger partial charge in [0.1, 0.15) is 10.7 Å². The molecule has 5 nitrogen and oxygen atoms in total. The van der Waals surface area contributed by atoms with Gasteiger partial charge in [-0.15, -0.1) is 22.7 Å². The Hall–Kier alpha value is -2.77. The maximum Gasteiger partial charge on any atom is 0.174 e. The average Bonchev–Trinajstić information content (AvgIpc) is 3.29. The van der Waals surface area contributed by atoms with Crippen LogP contribution in [0.1, 0.15) is 11.4 Å². The van der Waals surface area contributed by atoms with Gasteiger partial charge in [0.15, 0.2) is 5.84 Å². The Kier molecular flexibility index (Phi) is 4.40. The van der Waals surface area contributed by atoms with Gasteiger partial charge >= 0.3 is 0 Å². The van der Waals surface area contributed by atoms with E-state index >= 15 is 0 Å². The lowest BCUT2D eigenvalue weighted by Crippen LogP contribution is -2.01. The van der Waals surface area contributed by atoms with Crippen molar-refractivity contribution in [1.82, 2.24) is 15.0 Å². The summed E-state index contributed by atoms with van der Waals surface area (Å²) in [6.07, 6.45) is 3.59. The lowest BCUT2D eigenvalue weighted by atomic mass is 10.2. The molecule has 4 aromatic heterocycles. The van der Waals surface area contributed by atoms with Crippen LogP contribution in [0.5, 0.6) is 0 Å². The first-order valence-electron chi connectivity index (χ1n) is 7.91. The van der Waals surface area contributed by atoms with Gasteiger partial charge in [-0.2, -0.15) is 0 Å². The van der Waals surface area contributed by atoms with Crippen LogP contribution in [0.3, 0.4) is 0 Å². The molecular weight excluding hydrogens is 362 g/mol. The number of nitrogens with zero attached hydrogens (tertiary/aromatic N) is 5. The molecule has 0 aliphatic heterocycles. The second-order valence-corrected chi connectivity index (χ2v) is 7.49. The van der Waals surface area contributed by atoms with Gasteiger partial charge in [-0.25, -0.2) is 15.0 Å². The molecule has 0 N–H and O–H groups in total. The number of thiazole rings is 1. The molecule has 0 atom stereocenters.